The third kappa shape index (κ3) is 5.93. The number of aryl methyl sites for hydroxylation is 1. The topological polar surface area (TPSA) is 80.6 Å². The van der Waals surface area contributed by atoms with Crippen LogP contribution in [0.5, 0.6) is 17.2 Å². The highest BCUT2D eigenvalue weighted by Gasteiger charge is 2.08. The minimum Gasteiger partial charge on any atom is -0.493 e. The quantitative estimate of drug-likeness (QED) is 0.687. The van der Waals surface area contributed by atoms with Gasteiger partial charge in [-0.15, -0.1) is 0 Å². The zero-order valence-corrected chi connectivity index (χ0v) is 15.9. The summed E-state index contributed by atoms with van der Waals surface area (Å²) in [5, 5.41) is 11.2. The van der Waals surface area contributed by atoms with Crippen LogP contribution in [0.2, 0.25) is 0 Å². The van der Waals surface area contributed by atoms with Gasteiger partial charge in [0.05, 0.1) is 13.2 Å². The summed E-state index contributed by atoms with van der Waals surface area (Å²) in [6.07, 6.45) is -0.158. The fourth-order valence-electron chi connectivity index (χ4n) is 2.46. The van der Waals surface area contributed by atoms with Crippen molar-refractivity contribution >= 4 is 5.91 Å². The number of nitriles is 1. The number of methoxy groups -OCH3 is 1. The Hall–Kier alpha value is -3.20. The van der Waals surface area contributed by atoms with E-state index in [4.69, 9.17) is 19.5 Å². The molecule has 0 saturated carbocycles. The van der Waals surface area contributed by atoms with Crippen molar-refractivity contribution in [3.63, 3.8) is 0 Å². The Morgan fingerprint density at radius 3 is 2.52 bits per heavy atom. The highest BCUT2D eigenvalue weighted by Crippen LogP contribution is 2.28. The molecule has 2 rings (SSSR count). The van der Waals surface area contributed by atoms with Crippen molar-refractivity contribution in [3.05, 3.63) is 53.1 Å². The number of nitrogens with one attached hydrogen (secondary N) is 1. The predicted molar refractivity (Wildman–Crippen MR) is 102 cm³/mol. The summed E-state index contributed by atoms with van der Waals surface area (Å²) >= 11 is 0. The highest BCUT2D eigenvalue weighted by atomic mass is 16.5. The van der Waals surface area contributed by atoms with Gasteiger partial charge in [-0.05, 0) is 48.7 Å². The van der Waals surface area contributed by atoms with E-state index in [2.05, 4.69) is 5.32 Å². The van der Waals surface area contributed by atoms with Crippen LogP contribution in [0, 0.1) is 25.2 Å². The van der Waals surface area contributed by atoms with Crippen molar-refractivity contribution < 1.29 is 19.0 Å². The van der Waals surface area contributed by atoms with Gasteiger partial charge >= 0.3 is 0 Å². The Balaban J connectivity index is 1.92. The van der Waals surface area contributed by atoms with Crippen LogP contribution in [0.3, 0.4) is 0 Å². The molecule has 6 nitrogen and oxygen atoms in total. The Kier molecular flexibility index (Phi) is 7.50. The van der Waals surface area contributed by atoms with Crippen LogP contribution in [0.4, 0.5) is 0 Å². The first kappa shape index (κ1) is 20.1. The monoisotopic (exact) mass is 368 g/mol. The summed E-state index contributed by atoms with van der Waals surface area (Å²) in [5.74, 6) is 1.72. The molecule has 27 heavy (non-hydrogen) atoms. The zero-order valence-electron chi connectivity index (χ0n) is 15.9. The van der Waals surface area contributed by atoms with Gasteiger partial charge in [-0.25, -0.2) is 0 Å². The lowest BCUT2D eigenvalue weighted by atomic mass is 10.1. The van der Waals surface area contributed by atoms with E-state index in [-0.39, 0.29) is 12.3 Å². The van der Waals surface area contributed by atoms with E-state index in [9.17, 15) is 4.79 Å². The third-order valence-electron chi connectivity index (χ3n) is 4.11. The van der Waals surface area contributed by atoms with Gasteiger partial charge in [0.15, 0.2) is 11.5 Å². The first-order chi connectivity index (χ1) is 13.0. The minimum atomic E-state index is -0.308. The lowest BCUT2D eigenvalue weighted by Crippen LogP contribution is -2.21. The molecule has 6 heteroatoms. The number of carbonyl (C=O) groups excluding carboxylic acids is 1. The molecule has 0 aliphatic heterocycles. The molecule has 0 aliphatic carbocycles. The van der Waals surface area contributed by atoms with Gasteiger partial charge in [0.1, 0.15) is 25.4 Å². The van der Waals surface area contributed by atoms with Gasteiger partial charge in [0.2, 0.25) is 5.91 Å². The predicted octanol–water partition coefficient (Wildman–Crippen LogP) is 3.30. The van der Waals surface area contributed by atoms with Gasteiger partial charge in [-0.3, -0.25) is 4.79 Å². The normalized spacial score (nSPS) is 10.0. The Morgan fingerprint density at radius 2 is 1.81 bits per heavy atom. The van der Waals surface area contributed by atoms with Gasteiger partial charge in [-0.1, -0.05) is 18.2 Å². The number of amides is 1. The third-order valence-corrected chi connectivity index (χ3v) is 4.11. The molecule has 0 aliphatic rings. The second-order valence-electron chi connectivity index (χ2n) is 5.99. The molecule has 0 fully saturated rings. The van der Waals surface area contributed by atoms with Crippen LogP contribution >= 0.6 is 0 Å². The summed E-state index contributed by atoms with van der Waals surface area (Å²) in [4.78, 5) is 11.4. The van der Waals surface area contributed by atoms with Crippen LogP contribution in [0.25, 0.3) is 0 Å². The van der Waals surface area contributed by atoms with E-state index in [0.717, 1.165) is 16.9 Å². The molecule has 0 radical (unpaired) electrons. The van der Waals surface area contributed by atoms with E-state index in [0.29, 0.717) is 31.3 Å². The van der Waals surface area contributed by atoms with Gasteiger partial charge in [0.25, 0.3) is 0 Å². The van der Waals surface area contributed by atoms with Crippen LogP contribution in [-0.2, 0) is 11.3 Å². The van der Waals surface area contributed by atoms with E-state index in [1.807, 2.05) is 50.2 Å². The lowest BCUT2D eigenvalue weighted by molar-refractivity contribution is -0.120. The average Bonchev–Trinajstić information content (AvgIpc) is 2.67. The van der Waals surface area contributed by atoms with Crippen molar-refractivity contribution in [2.45, 2.75) is 26.8 Å². The first-order valence-corrected chi connectivity index (χ1v) is 8.67. The summed E-state index contributed by atoms with van der Waals surface area (Å²) in [6, 6.07) is 13.2. The molecular weight excluding hydrogens is 344 g/mol. The maximum Gasteiger partial charge on any atom is 0.234 e. The zero-order chi connectivity index (χ0) is 19.6. The number of ether oxygens (including phenoxy) is 3. The van der Waals surface area contributed by atoms with Crippen molar-refractivity contribution in [1.82, 2.24) is 5.32 Å². The molecule has 0 heterocycles. The summed E-state index contributed by atoms with van der Waals surface area (Å²) in [5.41, 5.74) is 3.15. The maximum atomic E-state index is 11.4. The summed E-state index contributed by atoms with van der Waals surface area (Å²) < 4.78 is 16.9. The van der Waals surface area contributed by atoms with Gasteiger partial charge < -0.3 is 19.5 Å². The number of nitrogens with zero attached hydrogens (tertiary/aromatic N) is 1. The van der Waals surface area contributed by atoms with E-state index in [1.165, 1.54) is 5.56 Å². The maximum absolute atomic E-state index is 11.4. The van der Waals surface area contributed by atoms with Crippen LogP contribution in [0.1, 0.15) is 23.1 Å². The molecule has 0 unspecified atom stereocenters. The highest BCUT2D eigenvalue weighted by molar-refractivity contribution is 5.77. The van der Waals surface area contributed by atoms with Crippen molar-refractivity contribution in [2.75, 3.05) is 20.3 Å². The molecule has 2 aromatic rings. The summed E-state index contributed by atoms with van der Waals surface area (Å²) in [7, 11) is 1.57. The average molecular weight is 368 g/mol. The molecule has 0 bridgehead atoms. The Morgan fingerprint density at radius 1 is 1.07 bits per heavy atom. The Bertz CT molecular complexity index is 827. The smallest absolute Gasteiger partial charge is 0.234 e. The molecule has 1 N–H and O–H groups in total. The summed E-state index contributed by atoms with van der Waals surface area (Å²) in [6.45, 7) is 5.15. The van der Waals surface area contributed by atoms with Gasteiger partial charge in [-0.2, -0.15) is 5.26 Å². The Labute approximate surface area is 159 Å². The van der Waals surface area contributed by atoms with E-state index >= 15 is 0 Å². The molecule has 142 valence electrons. The first-order valence-electron chi connectivity index (χ1n) is 8.67. The van der Waals surface area contributed by atoms with Crippen LogP contribution in [-0.4, -0.2) is 26.2 Å². The van der Waals surface area contributed by atoms with E-state index in [1.54, 1.807) is 13.2 Å². The number of hydrogen-bond acceptors (Lipinski definition) is 5. The molecule has 0 aromatic heterocycles. The molecule has 1 amide bonds. The molecule has 0 saturated heterocycles. The number of hydrogen-bond donors (Lipinski definition) is 1. The molecular formula is C21H24N2O4. The number of benzene rings is 2. The second-order valence-corrected chi connectivity index (χ2v) is 5.99. The fraction of sp³-hybridized carbons (Fsp3) is 0.333. The standard InChI is InChI=1S/C21H24N2O4/c1-15-5-4-6-18(16(15)2)26-11-12-27-20-13-17(7-8-19(20)25-3)14-23-21(24)9-10-22/h4-8,13H,9,11-12,14H2,1-3H3,(H,23,24). The number of carbonyl (C=O) groups is 1. The minimum absolute atomic E-state index is 0.158. The van der Waals surface area contributed by atoms with Gasteiger partial charge in [0, 0.05) is 6.54 Å². The van der Waals surface area contributed by atoms with Crippen LogP contribution in [0.15, 0.2) is 36.4 Å². The number of rotatable bonds is 9. The largest absolute Gasteiger partial charge is 0.493 e. The van der Waals surface area contributed by atoms with Crippen molar-refractivity contribution in [2.24, 2.45) is 0 Å². The van der Waals surface area contributed by atoms with Crippen molar-refractivity contribution in [1.29, 1.82) is 5.26 Å². The van der Waals surface area contributed by atoms with Crippen LogP contribution < -0.4 is 19.5 Å². The fourth-order valence-corrected chi connectivity index (χ4v) is 2.46. The molecule has 0 atom stereocenters. The van der Waals surface area contributed by atoms with E-state index < -0.39 is 0 Å². The second kappa shape index (κ2) is 10.1. The van der Waals surface area contributed by atoms with Crippen molar-refractivity contribution in [3.8, 4) is 23.3 Å². The lowest BCUT2D eigenvalue weighted by Gasteiger charge is -2.14. The molecule has 2 aromatic carbocycles. The SMILES string of the molecule is COc1ccc(CNC(=O)CC#N)cc1OCCOc1cccc(C)c1C. The molecule has 0 spiro atoms.